The Balaban J connectivity index is 1.64. The minimum atomic E-state index is -0.0724. The highest BCUT2D eigenvalue weighted by Gasteiger charge is 2.32. The van der Waals surface area contributed by atoms with E-state index in [1.807, 2.05) is 22.9 Å². The first-order chi connectivity index (χ1) is 14.5. The highest BCUT2D eigenvalue weighted by atomic mass is 35.5. The lowest BCUT2D eigenvalue weighted by Crippen LogP contribution is -2.48. The van der Waals surface area contributed by atoms with Crippen molar-refractivity contribution < 1.29 is 0 Å². The van der Waals surface area contributed by atoms with Crippen molar-refractivity contribution in [1.82, 2.24) is 25.1 Å². The van der Waals surface area contributed by atoms with Crippen LogP contribution in [0.4, 0.5) is 5.69 Å². The van der Waals surface area contributed by atoms with Gasteiger partial charge < -0.3 is 4.90 Å². The Bertz CT molecular complexity index is 1010. The monoisotopic (exact) mass is 424 g/mol. The van der Waals surface area contributed by atoms with Gasteiger partial charge in [-0.05, 0) is 66.9 Å². The molecule has 1 saturated heterocycles. The number of rotatable bonds is 5. The van der Waals surface area contributed by atoms with Gasteiger partial charge in [0, 0.05) is 36.9 Å². The number of benzene rings is 2. The first kappa shape index (κ1) is 20.8. The third kappa shape index (κ3) is 3.94. The van der Waals surface area contributed by atoms with Crippen molar-refractivity contribution in [2.75, 3.05) is 31.1 Å². The summed E-state index contributed by atoms with van der Waals surface area (Å²) in [6.45, 7) is 12.3. The summed E-state index contributed by atoms with van der Waals surface area (Å²) < 4.78 is 1.91. The summed E-state index contributed by atoms with van der Waals surface area (Å²) in [7, 11) is 0. The van der Waals surface area contributed by atoms with Gasteiger partial charge in [0.2, 0.25) is 0 Å². The molecule has 3 aromatic rings. The molecule has 7 heteroatoms. The summed E-state index contributed by atoms with van der Waals surface area (Å²) in [5.74, 6) is 0.846. The van der Waals surface area contributed by atoms with Crippen molar-refractivity contribution in [2.45, 2.75) is 39.8 Å². The standard InChI is InChI=1S/C23H29ClN6/c1-16(2)30-23(25-26-27-30)22(19-9-5-6-10-20(19)24)29-14-12-28(13-15-29)21-11-7-8-17(3)18(21)4/h5-11,16,22H,12-15H2,1-4H3/t22-/m0/s1. The summed E-state index contributed by atoms with van der Waals surface area (Å²) >= 11 is 6.63. The predicted molar refractivity (Wildman–Crippen MR) is 121 cm³/mol. The Kier molecular flexibility index (Phi) is 6.06. The molecule has 30 heavy (non-hydrogen) atoms. The number of hydrogen-bond acceptors (Lipinski definition) is 5. The molecular formula is C23H29ClN6. The van der Waals surface area contributed by atoms with Crippen molar-refractivity contribution in [3.63, 3.8) is 0 Å². The highest BCUT2D eigenvalue weighted by molar-refractivity contribution is 6.31. The fraction of sp³-hybridized carbons (Fsp3) is 0.435. The van der Waals surface area contributed by atoms with E-state index in [9.17, 15) is 0 Å². The first-order valence-electron chi connectivity index (χ1n) is 10.5. The molecule has 1 aliphatic heterocycles. The Morgan fingerprint density at radius 3 is 2.37 bits per heavy atom. The van der Waals surface area contributed by atoms with E-state index in [0.717, 1.165) is 42.6 Å². The molecule has 2 heterocycles. The molecular weight excluding hydrogens is 396 g/mol. The van der Waals surface area contributed by atoms with E-state index in [0.29, 0.717) is 0 Å². The average molecular weight is 425 g/mol. The lowest BCUT2D eigenvalue weighted by atomic mass is 10.0. The van der Waals surface area contributed by atoms with E-state index in [1.54, 1.807) is 0 Å². The Morgan fingerprint density at radius 2 is 1.67 bits per heavy atom. The number of tetrazole rings is 1. The van der Waals surface area contributed by atoms with Gasteiger partial charge in [0.05, 0.1) is 12.1 Å². The van der Waals surface area contributed by atoms with Gasteiger partial charge in [0.25, 0.3) is 0 Å². The molecule has 0 N–H and O–H groups in total. The average Bonchev–Trinajstić information content (AvgIpc) is 3.22. The maximum atomic E-state index is 6.63. The Morgan fingerprint density at radius 1 is 0.933 bits per heavy atom. The summed E-state index contributed by atoms with van der Waals surface area (Å²) in [6.07, 6.45) is 0. The normalized spacial score (nSPS) is 16.3. The fourth-order valence-electron chi connectivity index (χ4n) is 4.24. The van der Waals surface area contributed by atoms with Crippen molar-refractivity contribution in [2.24, 2.45) is 0 Å². The molecule has 0 radical (unpaired) electrons. The number of halogens is 1. The van der Waals surface area contributed by atoms with E-state index in [1.165, 1.54) is 16.8 Å². The lowest BCUT2D eigenvalue weighted by molar-refractivity contribution is 0.199. The molecule has 1 aliphatic rings. The van der Waals surface area contributed by atoms with Crippen LogP contribution in [0.1, 0.15) is 48.4 Å². The maximum absolute atomic E-state index is 6.63. The summed E-state index contributed by atoms with van der Waals surface area (Å²) in [4.78, 5) is 4.93. The number of anilines is 1. The van der Waals surface area contributed by atoms with E-state index >= 15 is 0 Å². The molecule has 0 bridgehead atoms. The van der Waals surface area contributed by atoms with Gasteiger partial charge in [-0.2, -0.15) is 0 Å². The first-order valence-corrected chi connectivity index (χ1v) is 10.9. The summed E-state index contributed by atoms with van der Waals surface area (Å²) in [5.41, 5.74) is 5.07. The second-order valence-electron chi connectivity index (χ2n) is 8.24. The lowest BCUT2D eigenvalue weighted by Gasteiger charge is -2.40. The van der Waals surface area contributed by atoms with Crippen LogP contribution in [0.2, 0.25) is 5.02 Å². The molecule has 6 nitrogen and oxygen atoms in total. The minimum absolute atomic E-state index is 0.0724. The van der Waals surface area contributed by atoms with Crippen LogP contribution < -0.4 is 4.90 Å². The van der Waals surface area contributed by atoms with Crippen LogP contribution in [0.15, 0.2) is 42.5 Å². The molecule has 0 aliphatic carbocycles. The second kappa shape index (κ2) is 8.74. The zero-order chi connectivity index (χ0) is 21.3. The quantitative estimate of drug-likeness (QED) is 0.606. The van der Waals surface area contributed by atoms with Crippen molar-refractivity contribution in [1.29, 1.82) is 0 Å². The van der Waals surface area contributed by atoms with E-state index in [2.05, 4.69) is 77.3 Å². The molecule has 0 spiro atoms. The maximum Gasteiger partial charge on any atom is 0.173 e. The van der Waals surface area contributed by atoms with Crippen LogP contribution in [0.3, 0.4) is 0 Å². The van der Waals surface area contributed by atoms with Gasteiger partial charge in [-0.1, -0.05) is 41.9 Å². The topological polar surface area (TPSA) is 50.1 Å². The molecule has 0 saturated carbocycles. The predicted octanol–water partition coefficient (Wildman–Crippen LogP) is 4.44. The number of piperazine rings is 1. The summed E-state index contributed by atoms with van der Waals surface area (Å²) in [5, 5.41) is 13.4. The number of nitrogens with zero attached hydrogens (tertiary/aromatic N) is 6. The molecule has 158 valence electrons. The van der Waals surface area contributed by atoms with Gasteiger partial charge >= 0.3 is 0 Å². The third-order valence-electron chi connectivity index (χ3n) is 6.05. The minimum Gasteiger partial charge on any atom is -0.369 e. The number of aromatic nitrogens is 4. The van der Waals surface area contributed by atoms with Crippen molar-refractivity contribution in [3.8, 4) is 0 Å². The van der Waals surface area contributed by atoms with Crippen LogP contribution in [0.5, 0.6) is 0 Å². The number of hydrogen-bond donors (Lipinski definition) is 0. The molecule has 1 fully saturated rings. The molecule has 0 unspecified atom stereocenters. The third-order valence-corrected chi connectivity index (χ3v) is 6.39. The summed E-state index contributed by atoms with van der Waals surface area (Å²) in [6, 6.07) is 14.7. The van der Waals surface area contributed by atoms with Crippen LogP contribution in [-0.4, -0.2) is 51.3 Å². The van der Waals surface area contributed by atoms with Gasteiger partial charge in [0.15, 0.2) is 5.82 Å². The smallest absolute Gasteiger partial charge is 0.173 e. The zero-order valence-electron chi connectivity index (χ0n) is 18.1. The Hall–Kier alpha value is -2.44. The van der Waals surface area contributed by atoms with Crippen LogP contribution in [0, 0.1) is 13.8 Å². The number of aryl methyl sites for hydroxylation is 1. The second-order valence-corrected chi connectivity index (χ2v) is 8.65. The zero-order valence-corrected chi connectivity index (χ0v) is 18.8. The van der Waals surface area contributed by atoms with Crippen molar-refractivity contribution >= 4 is 17.3 Å². The van der Waals surface area contributed by atoms with Crippen LogP contribution in [-0.2, 0) is 0 Å². The Labute approximate surface area is 183 Å². The molecule has 1 aromatic heterocycles. The van der Waals surface area contributed by atoms with Crippen molar-refractivity contribution in [3.05, 3.63) is 70.0 Å². The SMILES string of the molecule is Cc1cccc(N2CCN([C@@H](c3ccccc3Cl)c3nnnn3C(C)C)CC2)c1C. The van der Waals surface area contributed by atoms with Gasteiger partial charge in [-0.25, -0.2) is 4.68 Å². The van der Waals surface area contributed by atoms with Crippen LogP contribution in [0.25, 0.3) is 0 Å². The van der Waals surface area contributed by atoms with E-state index in [4.69, 9.17) is 11.6 Å². The largest absolute Gasteiger partial charge is 0.369 e. The van der Waals surface area contributed by atoms with Gasteiger partial charge in [-0.15, -0.1) is 5.10 Å². The van der Waals surface area contributed by atoms with Gasteiger partial charge in [-0.3, -0.25) is 4.90 Å². The van der Waals surface area contributed by atoms with Crippen LogP contribution >= 0.6 is 11.6 Å². The molecule has 4 rings (SSSR count). The van der Waals surface area contributed by atoms with E-state index < -0.39 is 0 Å². The highest BCUT2D eigenvalue weighted by Crippen LogP contribution is 2.34. The molecule has 0 amide bonds. The molecule has 2 aromatic carbocycles. The van der Waals surface area contributed by atoms with E-state index in [-0.39, 0.29) is 12.1 Å². The fourth-order valence-corrected chi connectivity index (χ4v) is 4.48. The van der Waals surface area contributed by atoms with Gasteiger partial charge in [0.1, 0.15) is 0 Å². The molecule has 1 atom stereocenters.